The van der Waals surface area contributed by atoms with Crippen LogP contribution in [0.2, 0.25) is 0 Å². The molecule has 0 radical (unpaired) electrons. The van der Waals surface area contributed by atoms with Gasteiger partial charge in [0.1, 0.15) is 12.6 Å². The number of aromatic nitrogens is 1. The summed E-state index contributed by atoms with van der Waals surface area (Å²) in [4.78, 5) is 30.7. The predicted octanol–water partition coefficient (Wildman–Crippen LogP) is 1.13. The van der Waals surface area contributed by atoms with Crippen LogP contribution in [0.3, 0.4) is 0 Å². The average Bonchev–Trinajstić information content (AvgIpc) is 2.86. The lowest BCUT2D eigenvalue weighted by Crippen LogP contribution is -2.58. The van der Waals surface area contributed by atoms with Gasteiger partial charge in [-0.05, 0) is 18.9 Å². The van der Waals surface area contributed by atoms with Crippen LogP contribution in [0.4, 0.5) is 5.13 Å². The molecule has 2 heterocycles. The lowest BCUT2D eigenvalue weighted by atomic mass is 10.1. The highest BCUT2D eigenvalue weighted by atomic mass is 32.1. The summed E-state index contributed by atoms with van der Waals surface area (Å²) in [6.07, 6.45) is 2.47. The van der Waals surface area contributed by atoms with Crippen molar-refractivity contribution in [2.45, 2.75) is 39.8 Å². The van der Waals surface area contributed by atoms with Crippen molar-refractivity contribution in [3.63, 3.8) is 0 Å². The molecule has 2 rings (SSSR count). The molecule has 2 amide bonds. The van der Waals surface area contributed by atoms with Crippen molar-refractivity contribution in [3.8, 4) is 0 Å². The normalized spacial score (nSPS) is 19.2. The number of carbonyl (C=O) groups excluding carboxylic acids is 2. The molecule has 1 atom stereocenters. The first-order valence-electron chi connectivity index (χ1n) is 7.27. The molecule has 1 aromatic heterocycles. The van der Waals surface area contributed by atoms with Gasteiger partial charge in [-0.2, -0.15) is 0 Å². The van der Waals surface area contributed by atoms with Gasteiger partial charge in [-0.15, -0.1) is 11.3 Å². The van der Waals surface area contributed by atoms with Crippen LogP contribution in [0.5, 0.6) is 0 Å². The van der Waals surface area contributed by atoms with Crippen LogP contribution in [0.15, 0.2) is 6.20 Å². The standard InChI is InChI=1S/C14H22N4O2S/c1-4-11-13(20)17-12(19)8-18(11)14-16-7-10(21-14)6-15-5-9(2)3/h7,9,11,15H,4-6,8H2,1-3H3,(H,17,19,20). The number of anilines is 1. The summed E-state index contributed by atoms with van der Waals surface area (Å²) in [5, 5.41) is 6.49. The van der Waals surface area contributed by atoms with Crippen molar-refractivity contribution < 1.29 is 9.59 Å². The molecule has 1 fully saturated rings. The molecular weight excluding hydrogens is 288 g/mol. The molecule has 1 unspecified atom stereocenters. The maximum Gasteiger partial charge on any atom is 0.249 e. The van der Waals surface area contributed by atoms with Gasteiger partial charge in [0.25, 0.3) is 0 Å². The molecule has 0 spiro atoms. The van der Waals surface area contributed by atoms with Gasteiger partial charge < -0.3 is 10.2 Å². The van der Waals surface area contributed by atoms with E-state index in [0.29, 0.717) is 12.3 Å². The smallest absolute Gasteiger partial charge is 0.249 e. The number of rotatable bonds is 6. The van der Waals surface area contributed by atoms with E-state index in [1.165, 1.54) is 11.3 Å². The molecule has 1 aliphatic heterocycles. The zero-order valence-electron chi connectivity index (χ0n) is 12.7. The van der Waals surface area contributed by atoms with Crippen LogP contribution in [0, 0.1) is 5.92 Å². The fraction of sp³-hybridized carbons (Fsp3) is 0.643. The zero-order chi connectivity index (χ0) is 15.4. The van der Waals surface area contributed by atoms with Crippen molar-refractivity contribution in [1.82, 2.24) is 15.6 Å². The Morgan fingerprint density at radius 2 is 2.29 bits per heavy atom. The Labute approximate surface area is 128 Å². The molecule has 0 aliphatic carbocycles. The molecule has 1 aromatic rings. The van der Waals surface area contributed by atoms with Gasteiger partial charge in [0.2, 0.25) is 11.8 Å². The van der Waals surface area contributed by atoms with E-state index >= 15 is 0 Å². The lowest BCUT2D eigenvalue weighted by molar-refractivity contribution is -0.132. The number of piperazine rings is 1. The van der Waals surface area contributed by atoms with E-state index in [2.05, 4.69) is 29.5 Å². The number of nitrogens with zero attached hydrogens (tertiary/aromatic N) is 2. The Morgan fingerprint density at radius 3 is 2.95 bits per heavy atom. The topological polar surface area (TPSA) is 74.3 Å². The first-order chi connectivity index (χ1) is 10.0. The predicted molar refractivity (Wildman–Crippen MR) is 83.2 cm³/mol. The second kappa shape index (κ2) is 7.00. The first kappa shape index (κ1) is 15.9. The Bertz CT molecular complexity index is 515. The van der Waals surface area contributed by atoms with E-state index in [1.54, 1.807) is 4.90 Å². The van der Waals surface area contributed by atoms with Crippen molar-refractivity contribution in [3.05, 3.63) is 11.1 Å². The summed E-state index contributed by atoms with van der Waals surface area (Å²) in [6, 6.07) is -0.315. The van der Waals surface area contributed by atoms with Gasteiger partial charge in [0.05, 0.1) is 0 Å². The third-order valence-corrected chi connectivity index (χ3v) is 4.32. The van der Waals surface area contributed by atoms with Crippen molar-refractivity contribution in [2.75, 3.05) is 18.0 Å². The molecule has 0 saturated carbocycles. The number of imide groups is 1. The largest absolute Gasteiger partial charge is 0.327 e. The average molecular weight is 310 g/mol. The first-order valence-corrected chi connectivity index (χ1v) is 8.08. The number of carbonyl (C=O) groups is 2. The molecule has 1 aliphatic rings. The number of nitrogens with one attached hydrogen (secondary N) is 2. The van der Waals surface area contributed by atoms with Crippen molar-refractivity contribution in [2.24, 2.45) is 5.92 Å². The van der Waals surface area contributed by atoms with E-state index in [9.17, 15) is 9.59 Å². The second-order valence-corrected chi connectivity index (χ2v) is 6.69. The number of hydrogen-bond acceptors (Lipinski definition) is 6. The van der Waals surface area contributed by atoms with E-state index < -0.39 is 0 Å². The zero-order valence-corrected chi connectivity index (χ0v) is 13.5. The maximum atomic E-state index is 11.9. The summed E-state index contributed by atoms with van der Waals surface area (Å²) in [5.74, 6) is 0.105. The molecule has 0 aromatic carbocycles. The quantitative estimate of drug-likeness (QED) is 0.771. The van der Waals surface area contributed by atoms with Gasteiger partial charge in [-0.3, -0.25) is 14.9 Å². The number of thiazole rings is 1. The Hall–Kier alpha value is -1.47. The van der Waals surface area contributed by atoms with Crippen molar-refractivity contribution in [1.29, 1.82) is 0 Å². The van der Waals surface area contributed by atoms with Gasteiger partial charge in [0.15, 0.2) is 5.13 Å². The minimum Gasteiger partial charge on any atom is -0.327 e. The van der Waals surface area contributed by atoms with E-state index in [1.807, 2.05) is 13.1 Å². The molecule has 6 nitrogen and oxygen atoms in total. The fourth-order valence-corrected chi connectivity index (χ4v) is 3.20. The Morgan fingerprint density at radius 1 is 1.52 bits per heavy atom. The summed E-state index contributed by atoms with van der Waals surface area (Å²) in [6.45, 7) is 8.17. The minimum atomic E-state index is -0.315. The van der Waals surface area contributed by atoms with Gasteiger partial charge in [-0.25, -0.2) is 4.98 Å². The third kappa shape index (κ3) is 4.01. The van der Waals surface area contributed by atoms with Gasteiger partial charge >= 0.3 is 0 Å². The lowest BCUT2D eigenvalue weighted by Gasteiger charge is -2.32. The molecule has 21 heavy (non-hydrogen) atoms. The van der Waals surface area contributed by atoms with Crippen LogP contribution in [0.25, 0.3) is 0 Å². The molecule has 1 saturated heterocycles. The Kier molecular flexibility index (Phi) is 5.30. The Balaban J connectivity index is 2.04. The monoisotopic (exact) mass is 310 g/mol. The van der Waals surface area contributed by atoms with Crippen LogP contribution in [0.1, 0.15) is 32.1 Å². The maximum absolute atomic E-state index is 11.9. The molecule has 2 N–H and O–H groups in total. The third-order valence-electron chi connectivity index (χ3n) is 3.28. The summed E-state index contributed by atoms with van der Waals surface area (Å²) in [5.41, 5.74) is 0. The highest BCUT2D eigenvalue weighted by Crippen LogP contribution is 2.26. The fourth-order valence-electron chi connectivity index (χ4n) is 2.27. The van der Waals surface area contributed by atoms with Crippen LogP contribution >= 0.6 is 11.3 Å². The van der Waals surface area contributed by atoms with Gasteiger partial charge in [0, 0.05) is 17.6 Å². The highest BCUT2D eigenvalue weighted by molar-refractivity contribution is 7.15. The minimum absolute atomic E-state index is 0.191. The molecule has 0 bridgehead atoms. The van der Waals surface area contributed by atoms with E-state index in [0.717, 1.165) is 23.1 Å². The summed E-state index contributed by atoms with van der Waals surface area (Å²) >= 11 is 1.53. The molecular formula is C14H22N4O2S. The molecule has 7 heteroatoms. The highest BCUT2D eigenvalue weighted by Gasteiger charge is 2.33. The van der Waals surface area contributed by atoms with E-state index in [-0.39, 0.29) is 24.4 Å². The van der Waals surface area contributed by atoms with Crippen molar-refractivity contribution >= 4 is 28.3 Å². The van der Waals surface area contributed by atoms with Gasteiger partial charge in [-0.1, -0.05) is 20.8 Å². The number of amides is 2. The molecule has 116 valence electrons. The van der Waals surface area contributed by atoms with Crippen LogP contribution in [-0.2, 0) is 16.1 Å². The number of hydrogen-bond donors (Lipinski definition) is 2. The second-order valence-electron chi connectivity index (χ2n) is 5.60. The van der Waals surface area contributed by atoms with Crippen LogP contribution < -0.4 is 15.5 Å². The summed E-state index contributed by atoms with van der Waals surface area (Å²) in [7, 11) is 0. The summed E-state index contributed by atoms with van der Waals surface area (Å²) < 4.78 is 0. The van der Waals surface area contributed by atoms with Crippen LogP contribution in [-0.4, -0.2) is 35.9 Å². The van der Waals surface area contributed by atoms with E-state index in [4.69, 9.17) is 0 Å². The SMILES string of the molecule is CCC1C(=O)NC(=O)CN1c1ncc(CNCC(C)C)s1.